The first kappa shape index (κ1) is 16.7. The summed E-state index contributed by atoms with van der Waals surface area (Å²) >= 11 is 0. The summed E-state index contributed by atoms with van der Waals surface area (Å²) in [4.78, 5) is 22.9. The maximum absolute atomic E-state index is 12.4. The van der Waals surface area contributed by atoms with Gasteiger partial charge in [-0.05, 0) is 43.7 Å². The molecule has 0 aliphatic rings. The predicted octanol–water partition coefficient (Wildman–Crippen LogP) is 2.93. The van der Waals surface area contributed by atoms with Crippen LogP contribution in [0.3, 0.4) is 0 Å². The lowest BCUT2D eigenvalue weighted by Crippen LogP contribution is -2.16. The van der Waals surface area contributed by atoms with Crippen LogP contribution in [-0.2, 0) is 0 Å². The molecule has 1 amide bonds. The van der Waals surface area contributed by atoms with Crippen LogP contribution in [0.25, 0.3) is 0 Å². The van der Waals surface area contributed by atoms with Crippen LogP contribution in [-0.4, -0.2) is 36.5 Å². The molecule has 2 rings (SSSR count). The molecule has 0 unspecified atom stereocenters. The lowest BCUT2D eigenvalue weighted by atomic mass is 10.2. The molecule has 1 aromatic carbocycles. The summed E-state index contributed by atoms with van der Waals surface area (Å²) < 4.78 is 0. The highest BCUT2D eigenvalue weighted by molar-refractivity contribution is 6.03. The summed E-state index contributed by atoms with van der Waals surface area (Å²) in [6, 6.07) is 9.33. The molecule has 6 nitrogen and oxygen atoms in total. The highest BCUT2D eigenvalue weighted by Crippen LogP contribution is 2.16. The molecule has 1 aromatic heterocycles. The highest BCUT2D eigenvalue weighted by Gasteiger charge is 2.11. The van der Waals surface area contributed by atoms with Gasteiger partial charge in [0.1, 0.15) is 5.69 Å². The Labute approximate surface area is 137 Å². The van der Waals surface area contributed by atoms with Crippen LogP contribution in [0.4, 0.5) is 17.3 Å². The van der Waals surface area contributed by atoms with Crippen molar-refractivity contribution in [2.75, 3.05) is 36.2 Å². The van der Waals surface area contributed by atoms with Crippen LogP contribution in [0.5, 0.6) is 0 Å². The van der Waals surface area contributed by atoms with Crippen LogP contribution in [0.2, 0.25) is 0 Å². The Morgan fingerprint density at radius 2 is 1.87 bits per heavy atom. The van der Waals surface area contributed by atoms with Crippen molar-refractivity contribution in [2.24, 2.45) is 0 Å². The van der Waals surface area contributed by atoms with E-state index in [9.17, 15) is 4.79 Å². The Morgan fingerprint density at radius 3 is 2.48 bits per heavy atom. The van der Waals surface area contributed by atoms with Gasteiger partial charge < -0.3 is 15.5 Å². The molecule has 0 aliphatic carbocycles. The predicted molar refractivity (Wildman–Crippen MR) is 94.3 cm³/mol. The molecule has 0 atom stereocenters. The van der Waals surface area contributed by atoms with E-state index in [-0.39, 0.29) is 5.91 Å². The Bertz CT molecular complexity index is 667. The smallest absolute Gasteiger partial charge is 0.274 e. The molecule has 0 bridgehead atoms. The molecule has 0 saturated carbocycles. The standard InChI is InChI=1S/C17H23N5O/c1-5-10-18-17-19-12(2)11-15(21-17)16(23)20-13-6-8-14(9-7-13)22(3)4/h6-9,11H,5,10H2,1-4H3,(H,20,23)(H,18,19,21). The number of nitrogens with one attached hydrogen (secondary N) is 2. The number of benzene rings is 1. The largest absolute Gasteiger partial charge is 0.378 e. The van der Waals surface area contributed by atoms with Crippen molar-refractivity contribution < 1.29 is 4.79 Å². The minimum absolute atomic E-state index is 0.243. The Hall–Kier alpha value is -2.63. The van der Waals surface area contributed by atoms with Gasteiger partial charge in [-0.2, -0.15) is 0 Å². The van der Waals surface area contributed by atoms with Gasteiger partial charge in [0.2, 0.25) is 5.95 Å². The molecular weight excluding hydrogens is 290 g/mol. The Kier molecular flexibility index (Phi) is 5.51. The van der Waals surface area contributed by atoms with E-state index in [0.29, 0.717) is 11.6 Å². The fourth-order valence-electron chi connectivity index (χ4n) is 2.04. The maximum Gasteiger partial charge on any atom is 0.274 e. The van der Waals surface area contributed by atoms with Crippen LogP contribution < -0.4 is 15.5 Å². The maximum atomic E-state index is 12.4. The molecule has 2 N–H and O–H groups in total. The quantitative estimate of drug-likeness (QED) is 0.858. The summed E-state index contributed by atoms with van der Waals surface area (Å²) in [6.07, 6.45) is 0.969. The lowest BCUT2D eigenvalue weighted by Gasteiger charge is -2.13. The summed E-state index contributed by atoms with van der Waals surface area (Å²) in [5.74, 6) is 0.243. The molecule has 0 aliphatic heterocycles. The van der Waals surface area contributed by atoms with E-state index in [1.807, 2.05) is 50.2 Å². The molecule has 2 aromatic rings. The van der Waals surface area contributed by atoms with Crippen LogP contribution in [0, 0.1) is 6.92 Å². The van der Waals surface area contributed by atoms with Gasteiger partial charge in [0.25, 0.3) is 5.91 Å². The summed E-state index contributed by atoms with van der Waals surface area (Å²) in [5.41, 5.74) is 2.92. The van der Waals surface area contributed by atoms with E-state index in [1.54, 1.807) is 6.07 Å². The molecule has 23 heavy (non-hydrogen) atoms. The molecule has 0 saturated heterocycles. The van der Waals surface area contributed by atoms with Crippen molar-refractivity contribution in [2.45, 2.75) is 20.3 Å². The van der Waals surface area contributed by atoms with Crippen molar-refractivity contribution in [3.63, 3.8) is 0 Å². The number of aryl methyl sites for hydroxylation is 1. The third-order valence-corrected chi connectivity index (χ3v) is 3.26. The second-order valence-corrected chi connectivity index (χ2v) is 5.54. The third-order valence-electron chi connectivity index (χ3n) is 3.26. The average Bonchev–Trinajstić information content (AvgIpc) is 2.53. The lowest BCUT2D eigenvalue weighted by molar-refractivity contribution is 0.102. The van der Waals surface area contributed by atoms with E-state index < -0.39 is 0 Å². The van der Waals surface area contributed by atoms with E-state index >= 15 is 0 Å². The fraction of sp³-hybridized carbons (Fsp3) is 0.353. The van der Waals surface area contributed by atoms with Crippen molar-refractivity contribution in [3.8, 4) is 0 Å². The fourth-order valence-corrected chi connectivity index (χ4v) is 2.04. The monoisotopic (exact) mass is 313 g/mol. The van der Waals surface area contributed by atoms with E-state index in [2.05, 4.69) is 27.5 Å². The van der Waals surface area contributed by atoms with Gasteiger partial charge in [-0.3, -0.25) is 4.79 Å². The van der Waals surface area contributed by atoms with Gasteiger partial charge in [0, 0.05) is 37.7 Å². The molecule has 0 spiro atoms. The zero-order chi connectivity index (χ0) is 16.8. The number of carbonyl (C=O) groups excluding carboxylic acids is 1. The molecule has 122 valence electrons. The van der Waals surface area contributed by atoms with Crippen molar-refractivity contribution >= 4 is 23.2 Å². The number of hydrogen-bond acceptors (Lipinski definition) is 5. The zero-order valence-electron chi connectivity index (χ0n) is 14.1. The van der Waals surface area contributed by atoms with Gasteiger partial charge in [-0.25, -0.2) is 9.97 Å². The minimum Gasteiger partial charge on any atom is -0.378 e. The van der Waals surface area contributed by atoms with Gasteiger partial charge in [-0.15, -0.1) is 0 Å². The zero-order valence-corrected chi connectivity index (χ0v) is 14.1. The average molecular weight is 313 g/mol. The number of aromatic nitrogens is 2. The normalized spacial score (nSPS) is 10.3. The topological polar surface area (TPSA) is 70.2 Å². The van der Waals surface area contributed by atoms with E-state index in [1.165, 1.54) is 0 Å². The summed E-state index contributed by atoms with van der Waals surface area (Å²) in [6.45, 7) is 4.69. The van der Waals surface area contributed by atoms with Gasteiger partial charge in [-0.1, -0.05) is 6.92 Å². The van der Waals surface area contributed by atoms with Crippen LogP contribution in [0.15, 0.2) is 30.3 Å². The number of rotatable bonds is 6. The van der Waals surface area contributed by atoms with Gasteiger partial charge in [0.05, 0.1) is 0 Å². The second-order valence-electron chi connectivity index (χ2n) is 5.54. The molecule has 0 fully saturated rings. The Morgan fingerprint density at radius 1 is 1.17 bits per heavy atom. The van der Waals surface area contributed by atoms with Crippen molar-refractivity contribution in [1.29, 1.82) is 0 Å². The molecule has 0 radical (unpaired) electrons. The van der Waals surface area contributed by atoms with E-state index in [4.69, 9.17) is 0 Å². The Balaban J connectivity index is 2.12. The van der Waals surface area contributed by atoms with Gasteiger partial charge in [0.15, 0.2) is 0 Å². The second kappa shape index (κ2) is 7.58. The first-order chi connectivity index (χ1) is 11.0. The minimum atomic E-state index is -0.243. The number of anilines is 3. The van der Waals surface area contributed by atoms with Crippen LogP contribution >= 0.6 is 0 Å². The highest BCUT2D eigenvalue weighted by atomic mass is 16.1. The third kappa shape index (κ3) is 4.67. The molecule has 1 heterocycles. The van der Waals surface area contributed by atoms with Crippen molar-refractivity contribution in [1.82, 2.24) is 9.97 Å². The number of nitrogens with zero attached hydrogens (tertiary/aromatic N) is 3. The number of carbonyl (C=O) groups is 1. The summed E-state index contributed by atoms with van der Waals surface area (Å²) in [7, 11) is 3.95. The number of hydrogen-bond donors (Lipinski definition) is 2. The molecular formula is C17H23N5O. The summed E-state index contributed by atoms with van der Waals surface area (Å²) in [5, 5.41) is 5.97. The molecule has 6 heteroatoms. The van der Waals surface area contributed by atoms with Crippen LogP contribution in [0.1, 0.15) is 29.5 Å². The van der Waals surface area contributed by atoms with Gasteiger partial charge >= 0.3 is 0 Å². The van der Waals surface area contributed by atoms with Crippen molar-refractivity contribution in [3.05, 3.63) is 41.7 Å². The number of amides is 1. The SMILES string of the molecule is CCCNc1nc(C)cc(C(=O)Nc2ccc(N(C)C)cc2)n1. The van der Waals surface area contributed by atoms with E-state index in [0.717, 1.165) is 30.0 Å². The first-order valence-electron chi connectivity index (χ1n) is 7.68. The first-order valence-corrected chi connectivity index (χ1v) is 7.68.